The van der Waals surface area contributed by atoms with Crippen molar-refractivity contribution in [2.75, 3.05) is 6.54 Å². The van der Waals surface area contributed by atoms with Gasteiger partial charge in [0.2, 0.25) is 5.91 Å². The maximum absolute atomic E-state index is 12.2. The number of carbonyl (C=O) groups is 1. The Labute approximate surface area is 123 Å². The average Bonchev–Trinajstić information content (AvgIpc) is 2.36. The first kappa shape index (κ1) is 16.7. The lowest BCUT2D eigenvalue weighted by Gasteiger charge is -2.32. The largest absolute Gasteiger partial charge is 0.349 e. The van der Waals surface area contributed by atoms with Gasteiger partial charge in [-0.25, -0.2) is 0 Å². The highest BCUT2D eigenvalue weighted by Gasteiger charge is 2.27. The molecule has 0 saturated heterocycles. The minimum atomic E-state index is -0.0154. The van der Waals surface area contributed by atoms with E-state index < -0.39 is 0 Å². The third-order valence-corrected chi connectivity index (χ3v) is 3.35. The van der Waals surface area contributed by atoms with Crippen LogP contribution < -0.4 is 10.6 Å². The molecule has 3 heteroatoms. The van der Waals surface area contributed by atoms with Gasteiger partial charge < -0.3 is 10.6 Å². The molecule has 2 unspecified atom stereocenters. The molecule has 0 aromatic heterocycles. The first-order chi connectivity index (χ1) is 9.34. The van der Waals surface area contributed by atoms with Gasteiger partial charge in [0.25, 0.3) is 0 Å². The van der Waals surface area contributed by atoms with Crippen LogP contribution in [0.4, 0.5) is 0 Å². The molecule has 2 N–H and O–H groups in total. The van der Waals surface area contributed by atoms with Gasteiger partial charge in [0.05, 0.1) is 6.04 Å². The average molecular weight is 276 g/mol. The van der Waals surface area contributed by atoms with Gasteiger partial charge in [0.15, 0.2) is 0 Å². The summed E-state index contributed by atoms with van der Waals surface area (Å²) in [6.45, 7) is 11.4. The van der Waals surface area contributed by atoms with Crippen LogP contribution in [0.15, 0.2) is 30.3 Å². The first-order valence-electron chi connectivity index (χ1n) is 7.42. The van der Waals surface area contributed by atoms with Gasteiger partial charge in [0.1, 0.15) is 0 Å². The number of hydrogen-bond acceptors (Lipinski definition) is 2. The van der Waals surface area contributed by atoms with E-state index in [9.17, 15) is 4.79 Å². The third kappa shape index (κ3) is 5.33. The van der Waals surface area contributed by atoms with Crippen LogP contribution in [0.1, 0.15) is 52.6 Å². The summed E-state index contributed by atoms with van der Waals surface area (Å²) in [5, 5.41) is 6.45. The van der Waals surface area contributed by atoms with E-state index in [1.807, 2.05) is 25.1 Å². The Hall–Kier alpha value is -1.35. The second-order valence-electron chi connectivity index (χ2n) is 6.44. The maximum Gasteiger partial charge on any atom is 0.222 e. The van der Waals surface area contributed by atoms with E-state index in [-0.39, 0.29) is 23.4 Å². The lowest BCUT2D eigenvalue weighted by Crippen LogP contribution is -2.39. The summed E-state index contributed by atoms with van der Waals surface area (Å²) in [5.41, 5.74) is 1.14. The Morgan fingerprint density at radius 3 is 2.30 bits per heavy atom. The van der Waals surface area contributed by atoms with Crippen molar-refractivity contribution in [1.29, 1.82) is 0 Å². The number of carbonyl (C=O) groups excluding carboxylic acids is 1. The van der Waals surface area contributed by atoms with Gasteiger partial charge in [-0.3, -0.25) is 4.79 Å². The van der Waals surface area contributed by atoms with Gasteiger partial charge >= 0.3 is 0 Å². The molecule has 20 heavy (non-hydrogen) atoms. The number of hydrogen-bond donors (Lipinski definition) is 2. The second-order valence-corrected chi connectivity index (χ2v) is 6.44. The van der Waals surface area contributed by atoms with E-state index in [1.54, 1.807) is 0 Å². The van der Waals surface area contributed by atoms with Gasteiger partial charge in [-0.2, -0.15) is 0 Å². The molecule has 1 rings (SSSR count). The standard InChI is InChI=1S/C17H28N2O/c1-6-18-13(2)12-15(20)19-16(17(3,4)5)14-10-8-7-9-11-14/h7-11,13,16,18H,6,12H2,1-5H3,(H,19,20). The molecule has 0 aliphatic carbocycles. The minimum Gasteiger partial charge on any atom is -0.349 e. The van der Waals surface area contributed by atoms with E-state index in [0.717, 1.165) is 12.1 Å². The minimum absolute atomic E-state index is 0.0154. The molecule has 112 valence electrons. The van der Waals surface area contributed by atoms with Gasteiger partial charge in [-0.1, -0.05) is 58.0 Å². The van der Waals surface area contributed by atoms with Crippen LogP contribution in [-0.4, -0.2) is 18.5 Å². The molecule has 0 bridgehead atoms. The van der Waals surface area contributed by atoms with Crippen LogP contribution in [0.25, 0.3) is 0 Å². The van der Waals surface area contributed by atoms with E-state index in [1.165, 1.54) is 0 Å². The molecule has 0 heterocycles. The van der Waals surface area contributed by atoms with Crippen molar-refractivity contribution < 1.29 is 4.79 Å². The molecule has 0 saturated carbocycles. The van der Waals surface area contributed by atoms with Crippen molar-refractivity contribution in [2.45, 2.75) is 53.1 Å². The predicted octanol–water partition coefficient (Wildman–Crippen LogP) is 3.28. The molecule has 0 spiro atoms. The van der Waals surface area contributed by atoms with Crippen LogP contribution in [-0.2, 0) is 4.79 Å². The third-order valence-electron chi connectivity index (χ3n) is 3.35. The van der Waals surface area contributed by atoms with E-state index >= 15 is 0 Å². The summed E-state index contributed by atoms with van der Waals surface area (Å²) in [7, 11) is 0. The van der Waals surface area contributed by atoms with Crippen molar-refractivity contribution >= 4 is 5.91 Å². The lowest BCUT2D eigenvalue weighted by atomic mass is 9.82. The molecular formula is C17H28N2O. The van der Waals surface area contributed by atoms with Crippen molar-refractivity contribution in [1.82, 2.24) is 10.6 Å². The fourth-order valence-electron chi connectivity index (χ4n) is 2.36. The fourth-order valence-corrected chi connectivity index (χ4v) is 2.36. The van der Waals surface area contributed by atoms with E-state index in [2.05, 4.69) is 50.5 Å². The SMILES string of the molecule is CCNC(C)CC(=O)NC(c1ccccc1)C(C)(C)C. The highest BCUT2D eigenvalue weighted by molar-refractivity contribution is 5.77. The molecule has 0 radical (unpaired) electrons. The van der Waals surface area contributed by atoms with Crippen molar-refractivity contribution in [2.24, 2.45) is 5.41 Å². The molecule has 3 nitrogen and oxygen atoms in total. The summed E-state index contributed by atoms with van der Waals surface area (Å²) in [5.74, 6) is 0.0993. The molecular weight excluding hydrogens is 248 g/mol. The summed E-state index contributed by atoms with van der Waals surface area (Å²) in [4.78, 5) is 12.2. The highest BCUT2D eigenvalue weighted by Crippen LogP contribution is 2.32. The van der Waals surface area contributed by atoms with Crippen molar-refractivity contribution in [3.05, 3.63) is 35.9 Å². The van der Waals surface area contributed by atoms with Crippen molar-refractivity contribution in [3.8, 4) is 0 Å². The van der Waals surface area contributed by atoms with Crippen LogP contribution in [0, 0.1) is 5.41 Å². The van der Waals surface area contributed by atoms with Gasteiger partial charge in [-0.05, 0) is 24.4 Å². The van der Waals surface area contributed by atoms with Crippen LogP contribution in [0.5, 0.6) is 0 Å². The smallest absolute Gasteiger partial charge is 0.222 e. The summed E-state index contributed by atoms with van der Waals surface area (Å²) in [6, 6.07) is 10.4. The molecule has 0 aliphatic rings. The number of nitrogens with one attached hydrogen (secondary N) is 2. The highest BCUT2D eigenvalue weighted by atomic mass is 16.1. The van der Waals surface area contributed by atoms with Gasteiger partial charge in [-0.15, -0.1) is 0 Å². The fraction of sp³-hybridized carbons (Fsp3) is 0.588. The number of amides is 1. The first-order valence-corrected chi connectivity index (χ1v) is 7.42. The van der Waals surface area contributed by atoms with Crippen molar-refractivity contribution in [3.63, 3.8) is 0 Å². The summed E-state index contributed by atoms with van der Waals surface area (Å²) in [6.07, 6.45) is 0.507. The Balaban J connectivity index is 2.75. The molecule has 0 aliphatic heterocycles. The lowest BCUT2D eigenvalue weighted by molar-refractivity contribution is -0.123. The second kappa shape index (κ2) is 7.44. The zero-order chi connectivity index (χ0) is 15.2. The normalized spacial score (nSPS) is 14.7. The molecule has 1 amide bonds. The summed E-state index contributed by atoms with van der Waals surface area (Å²) >= 11 is 0. The van der Waals surface area contributed by atoms with Gasteiger partial charge in [0, 0.05) is 12.5 Å². The Kier molecular flexibility index (Phi) is 6.21. The predicted molar refractivity (Wildman–Crippen MR) is 84.5 cm³/mol. The molecule has 1 aromatic carbocycles. The maximum atomic E-state index is 12.2. The summed E-state index contributed by atoms with van der Waals surface area (Å²) < 4.78 is 0. The Morgan fingerprint density at radius 1 is 1.20 bits per heavy atom. The molecule has 0 fully saturated rings. The molecule has 2 atom stereocenters. The topological polar surface area (TPSA) is 41.1 Å². The van der Waals surface area contributed by atoms with Crippen LogP contribution >= 0.6 is 0 Å². The van der Waals surface area contributed by atoms with Crippen LogP contribution in [0.2, 0.25) is 0 Å². The number of rotatable bonds is 6. The Bertz CT molecular complexity index is 409. The monoisotopic (exact) mass is 276 g/mol. The zero-order valence-electron chi connectivity index (χ0n) is 13.4. The van der Waals surface area contributed by atoms with Crippen LogP contribution in [0.3, 0.4) is 0 Å². The van der Waals surface area contributed by atoms with E-state index in [0.29, 0.717) is 6.42 Å². The Morgan fingerprint density at radius 2 is 1.80 bits per heavy atom. The number of benzene rings is 1. The quantitative estimate of drug-likeness (QED) is 0.837. The zero-order valence-corrected chi connectivity index (χ0v) is 13.4. The molecule has 1 aromatic rings. The van der Waals surface area contributed by atoms with E-state index in [4.69, 9.17) is 0 Å².